The number of nitrogens with zero attached hydrogens (tertiary/aromatic N) is 6. The van der Waals surface area contributed by atoms with Crippen LogP contribution in [0.5, 0.6) is 5.88 Å². The van der Waals surface area contributed by atoms with Crippen LogP contribution in [0.2, 0.25) is 5.02 Å². The maximum Gasteiger partial charge on any atom is 0.355 e. The molecule has 10 heteroatoms. The van der Waals surface area contributed by atoms with Crippen LogP contribution >= 0.6 is 11.6 Å². The summed E-state index contributed by atoms with van der Waals surface area (Å²) in [6.45, 7) is 11.2. The van der Waals surface area contributed by atoms with Gasteiger partial charge in [0.2, 0.25) is 11.8 Å². The molecule has 1 aromatic carbocycles. The fraction of sp³-hybridized carbons (Fsp3) is 0.300. The summed E-state index contributed by atoms with van der Waals surface area (Å²) in [5.74, 6) is 0.887. The first kappa shape index (κ1) is 27.3. The zero-order chi connectivity index (χ0) is 28.6. The van der Waals surface area contributed by atoms with E-state index in [0.29, 0.717) is 64.3 Å². The Kier molecular flexibility index (Phi) is 7.58. The zero-order valence-electron chi connectivity index (χ0n) is 23.0. The number of ether oxygens (including phenoxy) is 1. The largest absolute Gasteiger partial charge is 0.481 e. The molecule has 0 aliphatic carbocycles. The van der Waals surface area contributed by atoms with Crippen LogP contribution in [-0.2, 0) is 4.79 Å². The fourth-order valence-electron chi connectivity index (χ4n) is 5.25. The summed E-state index contributed by atoms with van der Waals surface area (Å²) in [4.78, 5) is 43.8. The first-order valence-electron chi connectivity index (χ1n) is 13.1. The number of piperazine rings is 1. The van der Waals surface area contributed by atoms with Gasteiger partial charge in [0.15, 0.2) is 5.65 Å². The lowest BCUT2D eigenvalue weighted by molar-refractivity contribution is -0.126. The van der Waals surface area contributed by atoms with Gasteiger partial charge >= 0.3 is 5.69 Å². The minimum atomic E-state index is -0.452. The Balaban J connectivity index is 1.79. The Morgan fingerprint density at radius 3 is 2.65 bits per heavy atom. The number of amides is 1. The smallest absolute Gasteiger partial charge is 0.355 e. The number of carbonyl (C=O) groups excluding carboxylic acids is 1. The molecule has 1 amide bonds. The summed E-state index contributed by atoms with van der Waals surface area (Å²) in [7, 11) is 1.54. The molecule has 1 aliphatic heterocycles. The topological polar surface area (TPSA) is 93.5 Å². The number of rotatable bonds is 6. The van der Waals surface area contributed by atoms with E-state index >= 15 is 0 Å². The normalized spacial score (nSPS) is 15.5. The molecule has 0 spiro atoms. The van der Waals surface area contributed by atoms with Gasteiger partial charge in [0.1, 0.15) is 5.82 Å². The number of halogens is 1. The van der Waals surface area contributed by atoms with Gasteiger partial charge in [-0.1, -0.05) is 50.2 Å². The minimum absolute atomic E-state index is 0.108. The molecule has 9 nitrogen and oxygen atoms in total. The number of anilines is 1. The van der Waals surface area contributed by atoms with E-state index in [1.165, 1.54) is 13.2 Å². The van der Waals surface area contributed by atoms with Crippen molar-refractivity contribution in [3.63, 3.8) is 0 Å². The second-order valence-corrected chi connectivity index (χ2v) is 10.5. The van der Waals surface area contributed by atoms with E-state index < -0.39 is 5.69 Å². The molecular formula is C30H31ClN6O3. The van der Waals surface area contributed by atoms with Crippen LogP contribution in [0, 0.1) is 0 Å². The number of hydrogen-bond donors (Lipinski definition) is 0. The van der Waals surface area contributed by atoms with Crippen LogP contribution in [0.4, 0.5) is 5.82 Å². The lowest BCUT2D eigenvalue weighted by Crippen LogP contribution is -2.54. The van der Waals surface area contributed by atoms with Crippen molar-refractivity contribution in [3.8, 4) is 22.8 Å². The molecule has 4 heterocycles. The molecule has 40 heavy (non-hydrogen) atoms. The van der Waals surface area contributed by atoms with Gasteiger partial charge in [-0.15, -0.1) is 0 Å². The highest BCUT2D eigenvalue weighted by molar-refractivity contribution is 6.34. The third kappa shape index (κ3) is 4.81. The number of fused-ring (bicyclic) bond motifs is 1. The number of carbonyl (C=O) groups is 1. The van der Waals surface area contributed by atoms with Crippen molar-refractivity contribution in [2.45, 2.75) is 32.7 Å². The van der Waals surface area contributed by atoms with Crippen LogP contribution in [0.3, 0.4) is 0 Å². The predicted octanol–water partition coefficient (Wildman–Crippen LogP) is 4.85. The van der Waals surface area contributed by atoms with Crippen molar-refractivity contribution < 1.29 is 9.53 Å². The van der Waals surface area contributed by atoms with Gasteiger partial charge < -0.3 is 14.5 Å². The number of methoxy groups -OCH3 is 1. The number of hydrogen-bond acceptors (Lipinski definition) is 7. The van der Waals surface area contributed by atoms with E-state index in [2.05, 4.69) is 30.4 Å². The number of pyridine rings is 2. The van der Waals surface area contributed by atoms with Crippen molar-refractivity contribution in [2.75, 3.05) is 31.6 Å². The third-order valence-electron chi connectivity index (χ3n) is 7.21. The Morgan fingerprint density at radius 1 is 1.18 bits per heavy atom. The lowest BCUT2D eigenvalue weighted by atomic mass is 10.0. The third-order valence-corrected chi connectivity index (χ3v) is 7.49. The van der Waals surface area contributed by atoms with E-state index in [4.69, 9.17) is 21.3 Å². The van der Waals surface area contributed by atoms with Gasteiger partial charge in [-0.05, 0) is 48.7 Å². The molecule has 0 bridgehead atoms. The highest BCUT2D eigenvalue weighted by Gasteiger charge is 2.30. The molecule has 4 aromatic rings. The zero-order valence-corrected chi connectivity index (χ0v) is 23.7. The molecule has 206 valence electrons. The summed E-state index contributed by atoms with van der Waals surface area (Å²) in [5, 5.41) is 1.00. The molecule has 0 N–H and O–H groups in total. The van der Waals surface area contributed by atoms with Crippen LogP contribution in [-0.4, -0.2) is 63.1 Å². The standard InChI is InChI=1S/C30H31ClN6O3/c1-6-25(38)35-14-15-36(19(4)17-35)27-22-16-23(31)26(21-11-9-13-32-29(21)40-5)33-28(22)37(30(39)34-27)24-12-8-7-10-20(24)18(2)3/h6-13,16,18-19H,1,14-15,17H2,2-5H3. The van der Waals surface area contributed by atoms with Crippen molar-refractivity contribution in [1.29, 1.82) is 0 Å². The summed E-state index contributed by atoms with van der Waals surface area (Å²) in [6.07, 6.45) is 2.95. The molecule has 5 rings (SSSR count). The Labute approximate surface area is 237 Å². The summed E-state index contributed by atoms with van der Waals surface area (Å²) in [5.41, 5.74) is 2.72. The highest BCUT2D eigenvalue weighted by Crippen LogP contribution is 2.37. The van der Waals surface area contributed by atoms with Gasteiger partial charge in [-0.25, -0.2) is 19.3 Å². The van der Waals surface area contributed by atoms with Gasteiger partial charge in [0, 0.05) is 31.9 Å². The molecule has 1 fully saturated rings. The Morgan fingerprint density at radius 2 is 1.95 bits per heavy atom. The van der Waals surface area contributed by atoms with E-state index in [1.54, 1.807) is 27.8 Å². The second-order valence-electron chi connectivity index (χ2n) is 10.0. The molecule has 1 atom stereocenters. The summed E-state index contributed by atoms with van der Waals surface area (Å²) >= 11 is 6.87. The van der Waals surface area contributed by atoms with E-state index in [-0.39, 0.29) is 17.9 Å². The number of benzene rings is 1. The Hall–Kier alpha value is -4.24. The average molecular weight is 559 g/mol. The molecule has 0 saturated carbocycles. The van der Waals surface area contributed by atoms with Gasteiger partial charge in [0.05, 0.1) is 34.5 Å². The first-order valence-corrected chi connectivity index (χ1v) is 13.5. The fourth-order valence-corrected chi connectivity index (χ4v) is 5.50. The SMILES string of the molecule is C=CC(=O)N1CCN(c2nc(=O)n(-c3ccccc3C(C)C)c3nc(-c4cccnc4OC)c(Cl)cc23)C(C)C1. The van der Waals surface area contributed by atoms with Crippen LogP contribution in [0.25, 0.3) is 28.0 Å². The van der Waals surface area contributed by atoms with E-state index in [0.717, 1.165) is 5.56 Å². The minimum Gasteiger partial charge on any atom is -0.481 e. The quantitative estimate of drug-likeness (QED) is 0.312. The maximum atomic E-state index is 13.9. The summed E-state index contributed by atoms with van der Waals surface area (Å²) in [6, 6.07) is 13.1. The van der Waals surface area contributed by atoms with Crippen LogP contribution in [0.15, 0.2) is 66.1 Å². The van der Waals surface area contributed by atoms with Crippen molar-refractivity contribution in [2.24, 2.45) is 0 Å². The summed E-state index contributed by atoms with van der Waals surface area (Å²) < 4.78 is 7.04. The second kappa shape index (κ2) is 11.1. The molecule has 1 unspecified atom stereocenters. The van der Waals surface area contributed by atoms with Crippen LogP contribution < -0.4 is 15.3 Å². The highest BCUT2D eigenvalue weighted by atomic mass is 35.5. The van der Waals surface area contributed by atoms with E-state index in [9.17, 15) is 9.59 Å². The first-order chi connectivity index (χ1) is 19.2. The van der Waals surface area contributed by atoms with Crippen LogP contribution in [0.1, 0.15) is 32.3 Å². The lowest BCUT2D eigenvalue weighted by Gasteiger charge is -2.40. The molecule has 3 aromatic heterocycles. The molecule has 0 radical (unpaired) electrons. The number of para-hydroxylation sites is 1. The number of aromatic nitrogens is 4. The predicted molar refractivity (Wildman–Crippen MR) is 158 cm³/mol. The Bertz CT molecular complexity index is 1670. The average Bonchev–Trinajstić information content (AvgIpc) is 2.96. The molecular weight excluding hydrogens is 528 g/mol. The molecule has 1 saturated heterocycles. The van der Waals surface area contributed by atoms with Gasteiger partial charge in [-0.3, -0.25) is 4.79 Å². The van der Waals surface area contributed by atoms with Crippen molar-refractivity contribution in [3.05, 3.63) is 82.4 Å². The van der Waals surface area contributed by atoms with Crippen molar-refractivity contribution >= 4 is 34.4 Å². The molecule has 1 aliphatic rings. The maximum absolute atomic E-state index is 13.9. The van der Waals surface area contributed by atoms with Gasteiger partial charge in [-0.2, -0.15) is 4.98 Å². The van der Waals surface area contributed by atoms with E-state index in [1.807, 2.05) is 42.2 Å². The monoisotopic (exact) mass is 558 g/mol. The van der Waals surface area contributed by atoms with Gasteiger partial charge in [0.25, 0.3) is 0 Å². The van der Waals surface area contributed by atoms with Crippen molar-refractivity contribution in [1.82, 2.24) is 24.4 Å².